The topological polar surface area (TPSA) is 115 Å². The zero-order chi connectivity index (χ0) is 23.6. The maximum absolute atomic E-state index is 12.0. The van der Waals surface area contributed by atoms with Crippen LogP contribution in [0.3, 0.4) is 0 Å². The first-order valence-corrected chi connectivity index (χ1v) is 10.8. The minimum Gasteiger partial charge on any atom is -0.462 e. The standard InChI is InChI=1S/C24H27N5O4/c1-4-6-15-33-22(31)18-9-13-20(14-10-18)28-24-26-16(3)25-23(29-24)27-19-11-7-17(8-12-19)21(30)32-5-2/h7-14H,4-6,15H2,1-3H3,(H2,25,26,27,28,29). The van der Waals surface area contributed by atoms with E-state index in [0.717, 1.165) is 18.5 Å². The fourth-order valence-corrected chi connectivity index (χ4v) is 2.84. The summed E-state index contributed by atoms with van der Waals surface area (Å²) >= 11 is 0. The van der Waals surface area contributed by atoms with Gasteiger partial charge in [0.25, 0.3) is 0 Å². The van der Waals surface area contributed by atoms with Crippen molar-refractivity contribution in [1.82, 2.24) is 15.0 Å². The van der Waals surface area contributed by atoms with Crippen molar-refractivity contribution in [1.29, 1.82) is 0 Å². The summed E-state index contributed by atoms with van der Waals surface area (Å²) in [7, 11) is 0. The molecule has 0 saturated heterocycles. The number of ether oxygens (including phenoxy) is 2. The lowest BCUT2D eigenvalue weighted by Gasteiger charge is -2.10. The molecule has 0 spiro atoms. The number of esters is 2. The van der Waals surface area contributed by atoms with Crippen molar-refractivity contribution >= 4 is 35.2 Å². The Labute approximate surface area is 192 Å². The largest absolute Gasteiger partial charge is 0.462 e. The summed E-state index contributed by atoms with van der Waals surface area (Å²) in [6.45, 7) is 6.31. The van der Waals surface area contributed by atoms with Crippen molar-refractivity contribution in [2.24, 2.45) is 0 Å². The van der Waals surface area contributed by atoms with Crippen LogP contribution in [-0.2, 0) is 9.47 Å². The molecule has 33 heavy (non-hydrogen) atoms. The van der Waals surface area contributed by atoms with E-state index in [2.05, 4.69) is 25.6 Å². The van der Waals surface area contributed by atoms with Gasteiger partial charge in [0, 0.05) is 11.4 Å². The van der Waals surface area contributed by atoms with Crippen LogP contribution in [0.1, 0.15) is 53.2 Å². The Bertz CT molecular complexity index is 1090. The summed E-state index contributed by atoms with van der Waals surface area (Å²) < 4.78 is 10.2. The second-order valence-electron chi connectivity index (χ2n) is 7.14. The van der Waals surface area contributed by atoms with Gasteiger partial charge < -0.3 is 20.1 Å². The average molecular weight is 450 g/mol. The van der Waals surface area contributed by atoms with Gasteiger partial charge in [0.1, 0.15) is 5.82 Å². The molecule has 3 rings (SSSR count). The fourth-order valence-electron chi connectivity index (χ4n) is 2.84. The van der Waals surface area contributed by atoms with Gasteiger partial charge in [-0.05, 0) is 68.8 Å². The predicted octanol–water partition coefficient (Wildman–Crippen LogP) is 4.80. The molecule has 0 bridgehead atoms. The maximum Gasteiger partial charge on any atom is 0.338 e. The molecule has 0 aliphatic rings. The third-order valence-corrected chi connectivity index (χ3v) is 4.51. The van der Waals surface area contributed by atoms with Crippen molar-refractivity contribution < 1.29 is 19.1 Å². The van der Waals surface area contributed by atoms with E-state index < -0.39 is 0 Å². The second kappa shape index (κ2) is 11.6. The van der Waals surface area contributed by atoms with E-state index in [1.54, 1.807) is 62.4 Å². The van der Waals surface area contributed by atoms with E-state index in [0.29, 0.717) is 47.7 Å². The highest BCUT2D eigenvalue weighted by molar-refractivity contribution is 5.90. The number of anilines is 4. The number of aryl methyl sites for hydroxylation is 1. The number of carbonyl (C=O) groups is 2. The maximum atomic E-state index is 12.0. The van der Waals surface area contributed by atoms with Crippen LogP contribution in [0, 0.1) is 6.92 Å². The number of unbranched alkanes of at least 4 members (excludes halogenated alkanes) is 1. The van der Waals surface area contributed by atoms with Gasteiger partial charge >= 0.3 is 11.9 Å². The number of rotatable bonds is 10. The minimum atomic E-state index is -0.369. The molecule has 0 radical (unpaired) electrons. The zero-order valence-electron chi connectivity index (χ0n) is 18.9. The van der Waals surface area contributed by atoms with Crippen LogP contribution in [0.2, 0.25) is 0 Å². The molecule has 0 aliphatic carbocycles. The van der Waals surface area contributed by atoms with E-state index in [4.69, 9.17) is 9.47 Å². The Kier molecular flexibility index (Phi) is 8.29. The third kappa shape index (κ3) is 6.99. The molecule has 0 unspecified atom stereocenters. The Balaban J connectivity index is 1.65. The monoisotopic (exact) mass is 449 g/mol. The first-order valence-electron chi connectivity index (χ1n) is 10.8. The molecule has 0 aliphatic heterocycles. The van der Waals surface area contributed by atoms with Gasteiger partial charge in [-0.2, -0.15) is 15.0 Å². The van der Waals surface area contributed by atoms with E-state index >= 15 is 0 Å². The van der Waals surface area contributed by atoms with Crippen molar-refractivity contribution in [3.05, 3.63) is 65.5 Å². The number of nitrogens with one attached hydrogen (secondary N) is 2. The lowest BCUT2D eigenvalue weighted by Crippen LogP contribution is -2.07. The Morgan fingerprint density at radius 2 is 1.24 bits per heavy atom. The smallest absolute Gasteiger partial charge is 0.338 e. The molecule has 9 nitrogen and oxygen atoms in total. The molecule has 0 fully saturated rings. The van der Waals surface area contributed by atoms with Crippen molar-refractivity contribution in [3.63, 3.8) is 0 Å². The van der Waals surface area contributed by atoms with Crippen LogP contribution >= 0.6 is 0 Å². The summed E-state index contributed by atoms with van der Waals surface area (Å²) in [5.74, 6) is 0.518. The van der Waals surface area contributed by atoms with Gasteiger partial charge in [0.05, 0.1) is 24.3 Å². The Morgan fingerprint density at radius 1 is 0.758 bits per heavy atom. The van der Waals surface area contributed by atoms with Crippen LogP contribution in [0.25, 0.3) is 0 Å². The third-order valence-electron chi connectivity index (χ3n) is 4.51. The molecule has 172 valence electrons. The Hall–Kier alpha value is -4.01. The van der Waals surface area contributed by atoms with E-state index in [1.807, 2.05) is 6.92 Å². The summed E-state index contributed by atoms with van der Waals surface area (Å²) in [5.41, 5.74) is 2.38. The highest BCUT2D eigenvalue weighted by Crippen LogP contribution is 2.19. The van der Waals surface area contributed by atoms with Crippen molar-refractivity contribution in [2.45, 2.75) is 33.6 Å². The lowest BCUT2D eigenvalue weighted by molar-refractivity contribution is 0.0496. The first kappa shape index (κ1) is 23.6. The molecule has 1 heterocycles. The first-order chi connectivity index (χ1) is 16.0. The summed E-state index contributed by atoms with van der Waals surface area (Å²) in [6.07, 6.45) is 1.81. The molecular weight excluding hydrogens is 422 g/mol. The van der Waals surface area contributed by atoms with Crippen LogP contribution in [0.5, 0.6) is 0 Å². The van der Waals surface area contributed by atoms with Crippen LogP contribution < -0.4 is 10.6 Å². The van der Waals surface area contributed by atoms with Gasteiger partial charge in [0.2, 0.25) is 11.9 Å². The average Bonchev–Trinajstić information content (AvgIpc) is 2.80. The summed E-state index contributed by atoms with van der Waals surface area (Å²) in [5, 5.41) is 6.21. The number of aromatic nitrogens is 3. The predicted molar refractivity (Wildman–Crippen MR) is 125 cm³/mol. The molecule has 0 atom stereocenters. The molecule has 3 aromatic rings. The SMILES string of the molecule is CCCCOC(=O)c1ccc(Nc2nc(C)nc(Nc3ccc(C(=O)OCC)cc3)n2)cc1. The molecule has 2 N–H and O–H groups in total. The molecular formula is C24H27N5O4. The Morgan fingerprint density at radius 3 is 1.70 bits per heavy atom. The molecule has 2 aromatic carbocycles. The normalized spacial score (nSPS) is 10.4. The van der Waals surface area contributed by atoms with Gasteiger partial charge in [-0.3, -0.25) is 0 Å². The number of nitrogens with zero attached hydrogens (tertiary/aromatic N) is 3. The molecule has 9 heteroatoms. The van der Waals surface area contributed by atoms with Gasteiger partial charge in [-0.15, -0.1) is 0 Å². The van der Waals surface area contributed by atoms with Crippen molar-refractivity contribution in [3.8, 4) is 0 Å². The van der Waals surface area contributed by atoms with Crippen LogP contribution in [0.4, 0.5) is 23.3 Å². The zero-order valence-corrected chi connectivity index (χ0v) is 18.9. The quantitative estimate of drug-likeness (QED) is 0.332. The van der Waals surface area contributed by atoms with Crippen LogP contribution in [0.15, 0.2) is 48.5 Å². The van der Waals surface area contributed by atoms with Gasteiger partial charge in [0.15, 0.2) is 0 Å². The highest BCUT2D eigenvalue weighted by atomic mass is 16.5. The number of benzene rings is 2. The van der Waals surface area contributed by atoms with Gasteiger partial charge in [-0.25, -0.2) is 9.59 Å². The van der Waals surface area contributed by atoms with E-state index in [1.165, 1.54) is 0 Å². The molecule has 1 aromatic heterocycles. The highest BCUT2D eigenvalue weighted by Gasteiger charge is 2.10. The van der Waals surface area contributed by atoms with Crippen molar-refractivity contribution in [2.75, 3.05) is 23.8 Å². The van der Waals surface area contributed by atoms with Gasteiger partial charge in [-0.1, -0.05) is 13.3 Å². The summed E-state index contributed by atoms with van der Waals surface area (Å²) in [4.78, 5) is 36.8. The molecule has 0 saturated carbocycles. The van der Waals surface area contributed by atoms with Crippen LogP contribution in [-0.4, -0.2) is 40.1 Å². The fraction of sp³-hybridized carbons (Fsp3) is 0.292. The minimum absolute atomic E-state index is 0.324. The number of carbonyl (C=O) groups excluding carboxylic acids is 2. The summed E-state index contributed by atoms with van der Waals surface area (Å²) in [6, 6.07) is 13.7. The van der Waals surface area contributed by atoms with E-state index in [-0.39, 0.29) is 11.9 Å². The second-order valence-corrected chi connectivity index (χ2v) is 7.14. The van der Waals surface area contributed by atoms with E-state index in [9.17, 15) is 9.59 Å². The lowest BCUT2D eigenvalue weighted by atomic mass is 10.2. The number of hydrogen-bond acceptors (Lipinski definition) is 9. The molecule has 0 amide bonds. The number of hydrogen-bond donors (Lipinski definition) is 2.